The fourth-order valence-electron chi connectivity index (χ4n) is 2.04. The second-order valence-corrected chi connectivity index (χ2v) is 6.39. The second-order valence-electron chi connectivity index (χ2n) is 6.39. The average Bonchev–Trinajstić information content (AvgIpc) is 2.42. The lowest BCUT2D eigenvalue weighted by Crippen LogP contribution is -2.36. The summed E-state index contributed by atoms with van der Waals surface area (Å²) in [5, 5.41) is 9.05. The van der Waals surface area contributed by atoms with E-state index in [2.05, 4.69) is 20.8 Å². The largest absolute Gasteiger partial charge is 0.481 e. The summed E-state index contributed by atoms with van der Waals surface area (Å²) >= 11 is 0. The predicted octanol–water partition coefficient (Wildman–Crippen LogP) is 3.45. The fraction of sp³-hybridized carbons (Fsp3) is 0.529. The van der Waals surface area contributed by atoms with Crippen LogP contribution in [0.4, 0.5) is 5.69 Å². The van der Waals surface area contributed by atoms with E-state index < -0.39 is 11.9 Å². The number of carbonyl (C=O) groups is 2. The molecule has 0 fully saturated rings. The Morgan fingerprint density at radius 1 is 1.19 bits per heavy atom. The van der Waals surface area contributed by atoms with E-state index in [0.29, 0.717) is 6.42 Å². The third-order valence-corrected chi connectivity index (χ3v) is 3.53. The molecule has 0 radical (unpaired) electrons. The van der Waals surface area contributed by atoms with Gasteiger partial charge in [-0.15, -0.1) is 0 Å². The van der Waals surface area contributed by atoms with Crippen molar-refractivity contribution in [1.82, 2.24) is 0 Å². The molecule has 4 heteroatoms. The van der Waals surface area contributed by atoms with E-state index in [9.17, 15) is 9.59 Å². The number of nitrogens with zero attached hydrogens (tertiary/aromatic N) is 1. The number of hydrogen-bond donors (Lipinski definition) is 1. The summed E-state index contributed by atoms with van der Waals surface area (Å²) in [6.45, 7) is 9.97. The number of amides is 1. The zero-order valence-corrected chi connectivity index (χ0v) is 13.5. The molecule has 1 unspecified atom stereocenters. The number of benzene rings is 1. The number of anilines is 1. The van der Waals surface area contributed by atoms with Crippen LogP contribution in [0, 0.1) is 5.92 Å². The molecular weight excluding hydrogens is 266 g/mol. The van der Waals surface area contributed by atoms with Gasteiger partial charge < -0.3 is 10.0 Å². The molecule has 1 aromatic carbocycles. The minimum Gasteiger partial charge on any atom is -0.481 e. The number of aliphatic carboxylic acids is 1. The van der Waals surface area contributed by atoms with Gasteiger partial charge in [-0.1, -0.05) is 46.8 Å². The molecule has 116 valence electrons. The average molecular weight is 291 g/mol. The molecule has 0 spiro atoms. The Labute approximate surface area is 126 Å². The van der Waals surface area contributed by atoms with Crippen molar-refractivity contribution in [2.45, 2.75) is 46.5 Å². The molecule has 1 amide bonds. The van der Waals surface area contributed by atoms with Gasteiger partial charge in [0.1, 0.15) is 0 Å². The summed E-state index contributed by atoms with van der Waals surface area (Å²) in [6.07, 6.45) is 0.355. The zero-order valence-electron chi connectivity index (χ0n) is 13.5. The zero-order chi connectivity index (χ0) is 16.2. The Balaban J connectivity index is 3.04. The van der Waals surface area contributed by atoms with Crippen LogP contribution in [0.25, 0.3) is 0 Å². The molecular formula is C17H25NO3. The van der Waals surface area contributed by atoms with Crippen molar-refractivity contribution in [1.29, 1.82) is 0 Å². The van der Waals surface area contributed by atoms with E-state index in [0.717, 1.165) is 5.69 Å². The normalized spacial score (nSPS) is 12.8. The molecule has 0 bridgehead atoms. The van der Waals surface area contributed by atoms with Gasteiger partial charge in [0.25, 0.3) is 0 Å². The Kier molecular flexibility index (Phi) is 5.53. The first-order valence-corrected chi connectivity index (χ1v) is 7.30. The number of rotatable bonds is 5. The standard InChI is InChI=1S/C17H25NO3/c1-6-15(19)18(11-12(2)16(20)21)14-9-7-13(8-10-14)17(3,4)5/h7-10,12H,6,11H2,1-5H3,(H,20,21). The molecule has 4 nitrogen and oxygen atoms in total. The molecule has 1 atom stereocenters. The highest BCUT2D eigenvalue weighted by Crippen LogP contribution is 2.25. The molecule has 0 saturated carbocycles. The van der Waals surface area contributed by atoms with Crippen LogP contribution in [-0.4, -0.2) is 23.5 Å². The number of carbonyl (C=O) groups excluding carboxylic acids is 1. The highest BCUT2D eigenvalue weighted by atomic mass is 16.4. The van der Waals surface area contributed by atoms with Crippen LogP contribution in [-0.2, 0) is 15.0 Å². The van der Waals surface area contributed by atoms with E-state index >= 15 is 0 Å². The highest BCUT2D eigenvalue weighted by Gasteiger charge is 2.21. The lowest BCUT2D eigenvalue weighted by Gasteiger charge is -2.26. The molecule has 21 heavy (non-hydrogen) atoms. The molecule has 1 N–H and O–H groups in total. The third-order valence-electron chi connectivity index (χ3n) is 3.53. The molecule has 0 aliphatic heterocycles. The van der Waals surface area contributed by atoms with E-state index in [1.165, 1.54) is 5.56 Å². The summed E-state index contributed by atoms with van der Waals surface area (Å²) in [6, 6.07) is 7.78. The third kappa shape index (κ3) is 4.59. The van der Waals surface area contributed by atoms with E-state index in [-0.39, 0.29) is 17.9 Å². The minimum absolute atomic E-state index is 0.0481. The number of hydrogen-bond acceptors (Lipinski definition) is 2. The van der Waals surface area contributed by atoms with Crippen molar-refractivity contribution in [3.05, 3.63) is 29.8 Å². The topological polar surface area (TPSA) is 57.6 Å². The van der Waals surface area contributed by atoms with Crippen LogP contribution in [0.3, 0.4) is 0 Å². The highest BCUT2D eigenvalue weighted by molar-refractivity contribution is 5.93. The van der Waals surface area contributed by atoms with E-state index in [1.54, 1.807) is 18.7 Å². The first-order chi connectivity index (χ1) is 9.66. The quantitative estimate of drug-likeness (QED) is 0.904. The van der Waals surface area contributed by atoms with Gasteiger partial charge >= 0.3 is 5.97 Å². The molecule has 0 heterocycles. The van der Waals surface area contributed by atoms with Crippen molar-refractivity contribution in [3.63, 3.8) is 0 Å². The van der Waals surface area contributed by atoms with Crippen LogP contribution in [0.15, 0.2) is 24.3 Å². The molecule has 0 aromatic heterocycles. The summed E-state index contributed by atoms with van der Waals surface area (Å²) in [4.78, 5) is 24.7. The van der Waals surface area contributed by atoms with Gasteiger partial charge in [0.05, 0.1) is 5.92 Å². The smallest absolute Gasteiger partial charge is 0.308 e. The lowest BCUT2D eigenvalue weighted by molar-refractivity contribution is -0.140. The van der Waals surface area contributed by atoms with Crippen LogP contribution in [0.1, 0.15) is 46.6 Å². The van der Waals surface area contributed by atoms with Crippen LogP contribution >= 0.6 is 0 Å². The van der Waals surface area contributed by atoms with Crippen LogP contribution in [0.5, 0.6) is 0 Å². The molecule has 1 aromatic rings. The van der Waals surface area contributed by atoms with E-state index in [1.807, 2.05) is 24.3 Å². The maximum Gasteiger partial charge on any atom is 0.308 e. The number of carboxylic acids is 1. The first kappa shape index (κ1) is 17.2. The number of carboxylic acid groups (broad SMARTS) is 1. The predicted molar refractivity (Wildman–Crippen MR) is 84.6 cm³/mol. The van der Waals surface area contributed by atoms with Crippen molar-refractivity contribution >= 4 is 17.6 Å². The summed E-state index contributed by atoms with van der Waals surface area (Å²) in [5.74, 6) is -1.55. The van der Waals surface area contributed by atoms with Crippen LogP contribution in [0.2, 0.25) is 0 Å². The van der Waals surface area contributed by atoms with Crippen molar-refractivity contribution < 1.29 is 14.7 Å². The SMILES string of the molecule is CCC(=O)N(CC(C)C(=O)O)c1ccc(C(C)(C)C)cc1. The van der Waals surface area contributed by atoms with Gasteiger partial charge in [0, 0.05) is 18.7 Å². The van der Waals surface area contributed by atoms with Crippen LogP contribution < -0.4 is 4.90 Å². The first-order valence-electron chi connectivity index (χ1n) is 7.30. The van der Waals surface area contributed by atoms with Crippen molar-refractivity contribution in [3.8, 4) is 0 Å². The second kappa shape index (κ2) is 6.74. The Morgan fingerprint density at radius 2 is 1.71 bits per heavy atom. The van der Waals surface area contributed by atoms with Gasteiger partial charge in [-0.2, -0.15) is 0 Å². The molecule has 0 saturated heterocycles. The fourth-order valence-corrected chi connectivity index (χ4v) is 2.04. The maximum atomic E-state index is 12.1. The van der Waals surface area contributed by atoms with Gasteiger partial charge in [0.15, 0.2) is 0 Å². The lowest BCUT2D eigenvalue weighted by atomic mass is 9.87. The van der Waals surface area contributed by atoms with Crippen molar-refractivity contribution in [2.24, 2.45) is 5.92 Å². The minimum atomic E-state index is -0.893. The van der Waals surface area contributed by atoms with Gasteiger partial charge in [-0.3, -0.25) is 9.59 Å². The Bertz CT molecular complexity index is 500. The summed E-state index contributed by atoms with van der Waals surface area (Å²) in [5.41, 5.74) is 1.98. The summed E-state index contributed by atoms with van der Waals surface area (Å²) in [7, 11) is 0. The van der Waals surface area contributed by atoms with Gasteiger partial charge in [-0.05, 0) is 23.1 Å². The van der Waals surface area contributed by atoms with E-state index in [4.69, 9.17) is 5.11 Å². The molecule has 0 aliphatic rings. The monoisotopic (exact) mass is 291 g/mol. The van der Waals surface area contributed by atoms with Crippen molar-refractivity contribution in [2.75, 3.05) is 11.4 Å². The van der Waals surface area contributed by atoms with Gasteiger partial charge in [0.2, 0.25) is 5.91 Å². The molecule has 1 rings (SSSR count). The summed E-state index contributed by atoms with van der Waals surface area (Å²) < 4.78 is 0. The Hall–Kier alpha value is -1.84. The van der Waals surface area contributed by atoms with Gasteiger partial charge in [-0.25, -0.2) is 0 Å². The Morgan fingerprint density at radius 3 is 2.10 bits per heavy atom. The molecule has 0 aliphatic carbocycles. The maximum absolute atomic E-state index is 12.1.